The molecule has 0 radical (unpaired) electrons. The zero-order valence-electron chi connectivity index (χ0n) is 12.8. The highest BCUT2D eigenvalue weighted by atomic mass is 19.2. The number of hydrogen-bond acceptors (Lipinski definition) is 1. The van der Waals surface area contributed by atoms with Crippen LogP contribution >= 0.6 is 0 Å². The molecule has 2 aliphatic rings. The molecule has 4 rings (SSSR count). The van der Waals surface area contributed by atoms with Gasteiger partial charge in [0.1, 0.15) is 12.0 Å². The minimum absolute atomic E-state index is 0.503. The van der Waals surface area contributed by atoms with Gasteiger partial charge in [-0.15, -0.1) is 0 Å². The Balaban J connectivity index is 2.06. The largest absolute Gasteiger partial charge is 0.737 e. The van der Waals surface area contributed by atoms with E-state index in [4.69, 9.17) is 4.74 Å². The van der Waals surface area contributed by atoms with Gasteiger partial charge in [-0.1, -0.05) is 12.1 Å². The molecule has 2 aliphatic heterocycles. The molecule has 6 heteroatoms. The van der Waals surface area contributed by atoms with Crippen LogP contribution in [0.5, 0.6) is 5.75 Å². The van der Waals surface area contributed by atoms with Gasteiger partial charge in [-0.2, -0.15) is 0 Å². The lowest BCUT2D eigenvalue weighted by Gasteiger charge is -2.31. The summed E-state index contributed by atoms with van der Waals surface area (Å²) in [7, 11) is 1.60. The number of methoxy groups -OCH3 is 1. The number of aromatic nitrogens is 1. The Labute approximate surface area is 132 Å². The zero-order valence-corrected chi connectivity index (χ0v) is 12.8. The molecule has 0 saturated carbocycles. The molecular formula is C17H15BF2N2O. The van der Waals surface area contributed by atoms with Crippen molar-refractivity contribution in [3.05, 3.63) is 71.2 Å². The van der Waals surface area contributed by atoms with E-state index < -0.39 is 6.97 Å². The maximum atomic E-state index is 14.7. The molecule has 3 nitrogen and oxygen atoms in total. The van der Waals surface area contributed by atoms with Gasteiger partial charge in [0.15, 0.2) is 5.70 Å². The van der Waals surface area contributed by atoms with E-state index in [9.17, 15) is 8.63 Å². The monoisotopic (exact) mass is 312 g/mol. The van der Waals surface area contributed by atoms with E-state index in [0.29, 0.717) is 17.1 Å². The minimum atomic E-state index is -3.87. The average molecular weight is 312 g/mol. The molecule has 1 aromatic heterocycles. The van der Waals surface area contributed by atoms with Crippen LogP contribution in [0.4, 0.5) is 8.63 Å². The number of aryl methyl sites for hydroxylation is 1. The highest BCUT2D eigenvalue weighted by Crippen LogP contribution is 2.41. The molecule has 116 valence electrons. The standard InChI is InChI=1S/C17H15BF2N2O/c1-12-7-8-13(16(11-12)23-2)17-14-5-3-9-21(14)18(19,20)22-10-4-6-15(17)22/h3-11H,1-2H3. The Morgan fingerprint density at radius 1 is 1.22 bits per heavy atom. The van der Waals surface area contributed by atoms with Gasteiger partial charge in [0, 0.05) is 23.4 Å². The number of rotatable bonds is 2. The number of fused-ring (bicyclic) bond motifs is 2. The predicted octanol–water partition coefficient (Wildman–Crippen LogP) is 3.45. The van der Waals surface area contributed by atoms with Gasteiger partial charge in [0.25, 0.3) is 0 Å². The summed E-state index contributed by atoms with van der Waals surface area (Å²) in [6, 6.07) is 9.18. The molecule has 1 aromatic carbocycles. The average Bonchev–Trinajstić information content (AvgIpc) is 3.18. The van der Waals surface area contributed by atoms with Crippen LogP contribution < -0.4 is 4.74 Å². The van der Waals surface area contributed by atoms with Crippen LogP contribution in [-0.2, 0) is 0 Å². The number of hydrogen-bond donors (Lipinski definition) is 0. The quantitative estimate of drug-likeness (QED) is 0.776. The fourth-order valence-electron chi connectivity index (χ4n) is 3.30. The van der Waals surface area contributed by atoms with Crippen LogP contribution in [0.25, 0.3) is 5.57 Å². The molecule has 0 saturated heterocycles. The summed E-state index contributed by atoms with van der Waals surface area (Å²) in [5.41, 5.74) is 3.63. The summed E-state index contributed by atoms with van der Waals surface area (Å²) >= 11 is 0. The minimum Gasteiger partial charge on any atom is -0.496 e. The maximum Gasteiger partial charge on any atom is 0.737 e. The lowest BCUT2D eigenvalue weighted by Crippen LogP contribution is -2.49. The van der Waals surface area contributed by atoms with E-state index in [2.05, 4.69) is 0 Å². The SMILES string of the molecule is COc1cc(C)ccc1C1=C2C=CC=[N+]2[B-](F)(F)n2cccc21. The van der Waals surface area contributed by atoms with Gasteiger partial charge < -0.3 is 22.3 Å². The van der Waals surface area contributed by atoms with Gasteiger partial charge in [0.2, 0.25) is 0 Å². The number of nitrogens with zero attached hydrogens (tertiary/aromatic N) is 2. The van der Waals surface area contributed by atoms with Crippen molar-refractivity contribution in [2.75, 3.05) is 7.11 Å². The number of halogens is 2. The molecule has 0 atom stereocenters. The van der Waals surface area contributed by atoms with E-state index in [0.717, 1.165) is 25.7 Å². The fraction of sp³-hybridized carbons (Fsp3) is 0.118. The lowest BCUT2D eigenvalue weighted by molar-refractivity contribution is -0.356. The predicted molar refractivity (Wildman–Crippen MR) is 87.0 cm³/mol. The Morgan fingerprint density at radius 2 is 2.04 bits per heavy atom. The molecule has 0 bridgehead atoms. The first-order valence-electron chi connectivity index (χ1n) is 7.43. The smallest absolute Gasteiger partial charge is 0.496 e. The van der Waals surface area contributed by atoms with Gasteiger partial charge in [-0.05, 0) is 36.9 Å². The molecule has 2 aromatic rings. The highest BCUT2D eigenvalue weighted by Gasteiger charge is 2.51. The molecule has 0 spiro atoms. The van der Waals surface area contributed by atoms with Crippen LogP contribution in [0.15, 0.2) is 54.4 Å². The van der Waals surface area contributed by atoms with Crippen molar-refractivity contribution >= 4 is 18.8 Å². The molecule has 0 amide bonds. The first kappa shape index (κ1) is 14.0. The first-order valence-corrected chi connectivity index (χ1v) is 7.43. The van der Waals surface area contributed by atoms with Crippen molar-refractivity contribution in [3.63, 3.8) is 0 Å². The molecule has 0 N–H and O–H groups in total. The molecule has 3 heterocycles. The fourth-order valence-corrected chi connectivity index (χ4v) is 3.30. The topological polar surface area (TPSA) is 17.2 Å². The number of ether oxygens (including phenoxy) is 1. The van der Waals surface area contributed by atoms with E-state index in [1.54, 1.807) is 31.4 Å². The van der Waals surface area contributed by atoms with Crippen LogP contribution in [0.1, 0.15) is 16.8 Å². The Bertz CT molecular complexity index is 909. The van der Waals surface area contributed by atoms with Crippen molar-refractivity contribution in [1.82, 2.24) is 4.48 Å². The van der Waals surface area contributed by atoms with Gasteiger partial charge in [-0.3, -0.25) is 0 Å². The Kier molecular flexibility index (Phi) is 2.85. The van der Waals surface area contributed by atoms with Crippen molar-refractivity contribution in [3.8, 4) is 5.75 Å². The van der Waals surface area contributed by atoms with Crippen LogP contribution in [0.3, 0.4) is 0 Å². The lowest BCUT2D eigenvalue weighted by atomic mass is 9.86. The Morgan fingerprint density at radius 3 is 2.83 bits per heavy atom. The summed E-state index contributed by atoms with van der Waals surface area (Å²) < 4.78 is 37.1. The maximum absolute atomic E-state index is 14.7. The van der Waals surface area contributed by atoms with E-state index in [1.807, 2.05) is 25.1 Å². The van der Waals surface area contributed by atoms with Gasteiger partial charge >= 0.3 is 6.97 Å². The molecule has 0 unspecified atom stereocenters. The molecule has 0 fully saturated rings. The first-order chi connectivity index (χ1) is 11.0. The van der Waals surface area contributed by atoms with Crippen LogP contribution in [0, 0.1) is 6.92 Å². The van der Waals surface area contributed by atoms with Crippen molar-refractivity contribution in [2.24, 2.45) is 0 Å². The zero-order chi connectivity index (χ0) is 16.2. The summed E-state index contributed by atoms with van der Waals surface area (Å²) in [4.78, 5) is 0. The van der Waals surface area contributed by atoms with Gasteiger partial charge in [0.05, 0.1) is 12.7 Å². The molecular weight excluding hydrogens is 297 g/mol. The van der Waals surface area contributed by atoms with E-state index in [1.165, 1.54) is 12.4 Å². The summed E-state index contributed by atoms with van der Waals surface area (Å²) in [5, 5.41) is 0. The summed E-state index contributed by atoms with van der Waals surface area (Å²) in [6.07, 6.45) is 6.23. The van der Waals surface area contributed by atoms with E-state index >= 15 is 0 Å². The second-order valence-electron chi connectivity index (χ2n) is 5.77. The highest BCUT2D eigenvalue weighted by molar-refractivity contribution is 6.57. The third-order valence-corrected chi connectivity index (χ3v) is 4.37. The third kappa shape index (κ3) is 1.84. The molecule has 23 heavy (non-hydrogen) atoms. The number of allylic oxidation sites excluding steroid dienone is 2. The van der Waals surface area contributed by atoms with Gasteiger partial charge in [-0.25, -0.2) is 0 Å². The second-order valence-corrected chi connectivity index (χ2v) is 5.77. The summed E-state index contributed by atoms with van der Waals surface area (Å²) in [6.45, 7) is -1.89. The van der Waals surface area contributed by atoms with E-state index in [-0.39, 0.29) is 0 Å². The Hall–Kier alpha value is -2.63. The normalized spacial score (nSPS) is 17.8. The van der Waals surface area contributed by atoms with Crippen LogP contribution in [-0.4, -0.2) is 29.3 Å². The second kappa shape index (κ2) is 4.68. The summed E-state index contributed by atoms with van der Waals surface area (Å²) in [5.74, 6) is 0.679. The van der Waals surface area contributed by atoms with Crippen molar-refractivity contribution in [1.29, 1.82) is 0 Å². The van der Waals surface area contributed by atoms with Crippen molar-refractivity contribution < 1.29 is 17.9 Å². The van der Waals surface area contributed by atoms with Crippen molar-refractivity contribution in [2.45, 2.75) is 6.92 Å². The molecule has 0 aliphatic carbocycles. The third-order valence-electron chi connectivity index (χ3n) is 4.37. The number of benzene rings is 1. The van der Waals surface area contributed by atoms with Crippen LogP contribution in [0.2, 0.25) is 0 Å².